The molecule has 1 nitrogen and oxygen atoms in total. The van der Waals surface area contributed by atoms with Gasteiger partial charge in [-0.1, -0.05) is 18.5 Å². The monoisotopic (exact) mass is 245 g/mol. The van der Waals surface area contributed by atoms with Crippen molar-refractivity contribution >= 4 is 23.4 Å². The molecule has 1 aromatic carbocycles. The van der Waals surface area contributed by atoms with Crippen LogP contribution in [0.1, 0.15) is 30.5 Å². The molecule has 1 aliphatic rings. The maximum atomic E-state index is 13.7. The number of thioether (sulfide) groups is 1. The zero-order chi connectivity index (χ0) is 11.0. The Morgan fingerprint density at radius 3 is 3.00 bits per heavy atom. The van der Waals surface area contributed by atoms with Gasteiger partial charge < -0.3 is 5.73 Å². The third-order valence-electron chi connectivity index (χ3n) is 2.72. The van der Waals surface area contributed by atoms with E-state index in [1.807, 2.05) is 0 Å². The summed E-state index contributed by atoms with van der Waals surface area (Å²) in [5.74, 6) is 0.525. The molecule has 1 aromatic rings. The summed E-state index contributed by atoms with van der Waals surface area (Å²) in [4.78, 5) is 0. The molecule has 1 heterocycles. The molecule has 0 bridgehead atoms. The molecular formula is C11H13ClFNS. The van der Waals surface area contributed by atoms with Crippen molar-refractivity contribution in [1.82, 2.24) is 0 Å². The number of hydrogen-bond acceptors (Lipinski definition) is 2. The molecule has 4 heteroatoms. The summed E-state index contributed by atoms with van der Waals surface area (Å²) in [7, 11) is 0. The van der Waals surface area contributed by atoms with Crippen LogP contribution >= 0.6 is 23.4 Å². The van der Waals surface area contributed by atoms with Gasteiger partial charge in [-0.2, -0.15) is 11.8 Å². The second-order valence-corrected chi connectivity index (χ2v) is 5.72. The van der Waals surface area contributed by atoms with Crippen LogP contribution in [0.15, 0.2) is 12.1 Å². The molecule has 2 unspecified atom stereocenters. The first kappa shape index (κ1) is 11.2. The van der Waals surface area contributed by atoms with Gasteiger partial charge in [0.2, 0.25) is 0 Å². The van der Waals surface area contributed by atoms with E-state index in [9.17, 15) is 4.39 Å². The van der Waals surface area contributed by atoms with Crippen molar-refractivity contribution in [3.05, 3.63) is 34.1 Å². The standard InChI is InChI=1S/C11H13ClFNS/c1-6-4-10(14)11-7(5-15-6)8(12)2-3-9(11)13/h2-3,6,10H,4-5,14H2,1H3. The minimum atomic E-state index is -0.233. The van der Waals surface area contributed by atoms with Crippen LogP contribution in [-0.4, -0.2) is 5.25 Å². The highest BCUT2D eigenvalue weighted by Crippen LogP contribution is 2.38. The highest BCUT2D eigenvalue weighted by atomic mass is 35.5. The van der Waals surface area contributed by atoms with Crippen molar-refractivity contribution in [2.45, 2.75) is 30.4 Å². The minimum Gasteiger partial charge on any atom is -0.324 e. The van der Waals surface area contributed by atoms with Crippen LogP contribution in [0, 0.1) is 5.82 Å². The Bertz CT molecular complexity index is 383. The summed E-state index contributed by atoms with van der Waals surface area (Å²) in [6, 6.07) is 2.78. The van der Waals surface area contributed by atoms with Crippen LogP contribution in [0.3, 0.4) is 0 Å². The second-order valence-electron chi connectivity index (χ2n) is 3.89. The summed E-state index contributed by atoms with van der Waals surface area (Å²) in [6.45, 7) is 2.11. The summed E-state index contributed by atoms with van der Waals surface area (Å²) in [5, 5.41) is 1.08. The molecule has 0 radical (unpaired) electrons. The Labute approximate surface area is 98.2 Å². The molecule has 82 valence electrons. The Balaban J connectivity index is 2.52. The van der Waals surface area contributed by atoms with E-state index in [1.54, 1.807) is 17.8 Å². The first-order chi connectivity index (χ1) is 7.09. The summed E-state index contributed by atoms with van der Waals surface area (Å²) >= 11 is 7.84. The van der Waals surface area contributed by atoms with Gasteiger partial charge in [0, 0.05) is 27.6 Å². The largest absolute Gasteiger partial charge is 0.324 e. The summed E-state index contributed by atoms with van der Waals surface area (Å²) in [6.07, 6.45) is 0.801. The minimum absolute atomic E-state index is 0.225. The average molecular weight is 246 g/mol. The molecule has 0 spiro atoms. The van der Waals surface area contributed by atoms with Crippen LogP contribution in [0.2, 0.25) is 5.02 Å². The molecule has 2 atom stereocenters. The predicted molar refractivity (Wildman–Crippen MR) is 63.7 cm³/mol. The SMILES string of the molecule is CC1CC(N)c2c(F)ccc(Cl)c2CS1. The fourth-order valence-electron chi connectivity index (χ4n) is 1.93. The number of fused-ring (bicyclic) bond motifs is 1. The number of benzene rings is 1. The van der Waals surface area contributed by atoms with Crippen molar-refractivity contribution in [3.8, 4) is 0 Å². The lowest BCUT2D eigenvalue weighted by Gasteiger charge is -2.15. The molecular weight excluding hydrogens is 233 g/mol. The maximum Gasteiger partial charge on any atom is 0.128 e. The van der Waals surface area contributed by atoms with E-state index >= 15 is 0 Å². The van der Waals surface area contributed by atoms with E-state index in [-0.39, 0.29) is 11.9 Å². The molecule has 15 heavy (non-hydrogen) atoms. The van der Waals surface area contributed by atoms with Gasteiger partial charge in [0.05, 0.1) is 0 Å². The van der Waals surface area contributed by atoms with E-state index in [2.05, 4.69) is 6.92 Å². The fraction of sp³-hybridized carbons (Fsp3) is 0.455. The van der Waals surface area contributed by atoms with Crippen LogP contribution < -0.4 is 5.73 Å². The normalized spacial score (nSPS) is 25.9. The van der Waals surface area contributed by atoms with Crippen LogP contribution in [-0.2, 0) is 5.75 Å². The number of rotatable bonds is 0. The van der Waals surface area contributed by atoms with Gasteiger partial charge in [0.1, 0.15) is 5.82 Å². The predicted octanol–water partition coefficient (Wildman–Crippen LogP) is 3.50. The fourth-order valence-corrected chi connectivity index (χ4v) is 3.34. The zero-order valence-corrected chi connectivity index (χ0v) is 10.0. The van der Waals surface area contributed by atoms with Gasteiger partial charge in [0.15, 0.2) is 0 Å². The molecule has 0 aromatic heterocycles. The van der Waals surface area contributed by atoms with E-state index in [4.69, 9.17) is 17.3 Å². The lowest BCUT2D eigenvalue weighted by atomic mass is 9.98. The van der Waals surface area contributed by atoms with Crippen LogP contribution in [0.4, 0.5) is 4.39 Å². The van der Waals surface area contributed by atoms with Gasteiger partial charge in [-0.25, -0.2) is 4.39 Å². The Hall–Kier alpha value is -0.250. The number of hydrogen-bond donors (Lipinski definition) is 1. The number of halogens is 2. The molecule has 0 amide bonds. The second kappa shape index (κ2) is 4.32. The first-order valence-corrected chi connectivity index (χ1v) is 6.36. The van der Waals surface area contributed by atoms with Crippen LogP contribution in [0.5, 0.6) is 0 Å². The van der Waals surface area contributed by atoms with Crippen molar-refractivity contribution in [2.24, 2.45) is 5.73 Å². The smallest absolute Gasteiger partial charge is 0.128 e. The van der Waals surface area contributed by atoms with Crippen LogP contribution in [0.25, 0.3) is 0 Å². The average Bonchev–Trinajstić information content (AvgIpc) is 2.32. The first-order valence-electron chi connectivity index (χ1n) is 4.93. The lowest BCUT2D eigenvalue weighted by Crippen LogP contribution is -2.15. The van der Waals surface area contributed by atoms with Gasteiger partial charge >= 0.3 is 0 Å². The van der Waals surface area contributed by atoms with E-state index in [0.717, 1.165) is 17.7 Å². The van der Waals surface area contributed by atoms with Gasteiger partial charge in [0.25, 0.3) is 0 Å². The lowest BCUT2D eigenvalue weighted by molar-refractivity contribution is 0.563. The molecule has 0 saturated carbocycles. The highest BCUT2D eigenvalue weighted by molar-refractivity contribution is 7.99. The van der Waals surface area contributed by atoms with Gasteiger partial charge in [-0.05, 0) is 24.1 Å². The van der Waals surface area contributed by atoms with E-state index in [0.29, 0.717) is 15.8 Å². The third-order valence-corrected chi connectivity index (χ3v) is 4.29. The molecule has 2 N–H and O–H groups in total. The Kier molecular flexibility index (Phi) is 3.24. The van der Waals surface area contributed by atoms with Crippen molar-refractivity contribution in [3.63, 3.8) is 0 Å². The zero-order valence-electron chi connectivity index (χ0n) is 8.47. The van der Waals surface area contributed by atoms with Crippen molar-refractivity contribution < 1.29 is 4.39 Å². The molecule has 0 saturated heterocycles. The summed E-state index contributed by atoms with van der Waals surface area (Å²) < 4.78 is 13.7. The Morgan fingerprint density at radius 1 is 1.53 bits per heavy atom. The van der Waals surface area contributed by atoms with Crippen molar-refractivity contribution in [2.75, 3.05) is 0 Å². The third kappa shape index (κ3) is 2.14. The van der Waals surface area contributed by atoms with E-state index in [1.165, 1.54) is 6.07 Å². The molecule has 0 aliphatic carbocycles. The quantitative estimate of drug-likeness (QED) is 0.757. The molecule has 2 rings (SSSR count). The van der Waals surface area contributed by atoms with Gasteiger partial charge in [-0.3, -0.25) is 0 Å². The Morgan fingerprint density at radius 2 is 2.27 bits per heavy atom. The number of nitrogens with two attached hydrogens (primary N) is 1. The highest BCUT2D eigenvalue weighted by Gasteiger charge is 2.24. The topological polar surface area (TPSA) is 26.0 Å². The van der Waals surface area contributed by atoms with Gasteiger partial charge in [-0.15, -0.1) is 0 Å². The molecule has 1 aliphatic heterocycles. The van der Waals surface area contributed by atoms with Crippen molar-refractivity contribution in [1.29, 1.82) is 0 Å². The summed E-state index contributed by atoms with van der Waals surface area (Å²) in [5.41, 5.74) is 7.48. The maximum absolute atomic E-state index is 13.7. The van der Waals surface area contributed by atoms with E-state index < -0.39 is 0 Å². The molecule has 0 fully saturated rings.